The lowest BCUT2D eigenvalue weighted by molar-refractivity contribution is -0.141. The Morgan fingerprint density at radius 1 is 1.19 bits per heavy atom. The zero-order chi connectivity index (χ0) is 12.9. The smallest absolute Gasteiger partial charge is 0.319 e. The first-order chi connectivity index (χ1) is 7.25. The van der Waals surface area contributed by atoms with Crippen LogP contribution in [0.3, 0.4) is 0 Å². The van der Waals surface area contributed by atoms with Crippen molar-refractivity contribution < 1.29 is 23.5 Å². The van der Waals surface area contributed by atoms with Crippen LogP contribution in [0.1, 0.15) is 6.92 Å². The van der Waals surface area contributed by atoms with Crippen LogP contribution < -0.4 is 0 Å². The highest BCUT2D eigenvalue weighted by Gasteiger charge is 2.21. The minimum absolute atomic E-state index is 0.0122. The number of hydrogen-bond acceptors (Lipinski definition) is 2. The maximum atomic E-state index is 12.0. The van der Waals surface area contributed by atoms with Gasteiger partial charge in [-0.1, -0.05) is 6.92 Å². The van der Waals surface area contributed by atoms with Gasteiger partial charge in [-0.25, -0.2) is 13.6 Å². The van der Waals surface area contributed by atoms with Crippen LogP contribution in [0.4, 0.5) is 13.6 Å². The van der Waals surface area contributed by atoms with Crippen molar-refractivity contribution in [3.8, 4) is 0 Å². The average Bonchev–Trinajstić information content (AvgIpc) is 2.14. The molecular formula is C9H16F2N2O3. The summed E-state index contributed by atoms with van der Waals surface area (Å²) in [6.07, 6.45) is -2.60. The molecule has 94 valence electrons. The first-order valence-electron chi connectivity index (χ1n) is 4.72. The first kappa shape index (κ1) is 14.6. The number of carbonyl (C=O) groups is 2. The monoisotopic (exact) mass is 238 g/mol. The molecule has 0 saturated heterocycles. The largest absolute Gasteiger partial charge is 0.481 e. The number of carboxylic acids is 1. The van der Waals surface area contributed by atoms with Crippen LogP contribution >= 0.6 is 0 Å². The topological polar surface area (TPSA) is 60.9 Å². The Hall–Kier alpha value is -1.40. The Morgan fingerprint density at radius 3 is 2.00 bits per heavy atom. The van der Waals surface area contributed by atoms with E-state index in [2.05, 4.69) is 0 Å². The quantitative estimate of drug-likeness (QED) is 0.775. The molecule has 0 spiro atoms. The Bertz CT molecular complexity index is 261. The van der Waals surface area contributed by atoms with Crippen LogP contribution in [0, 0.1) is 5.92 Å². The number of halogens is 2. The molecule has 0 heterocycles. The minimum Gasteiger partial charge on any atom is -0.481 e. The van der Waals surface area contributed by atoms with Gasteiger partial charge in [-0.2, -0.15) is 0 Å². The fourth-order valence-corrected chi connectivity index (χ4v) is 1.14. The summed E-state index contributed by atoms with van der Waals surface area (Å²) in [5.41, 5.74) is 0. The number of alkyl halides is 2. The van der Waals surface area contributed by atoms with Crippen LogP contribution in [0.25, 0.3) is 0 Å². The van der Waals surface area contributed by atoms with Crippen molar-refractivity contribution in [1.29, 1.82) is 0 Å². The van der Waals surface area contributed by atoms with Crippen LogP contribution in [0.2, 0.25) is 0 Å². The van der Waals surface area contributed by atoms with Gasteiger partial charge in [0.2, 0.25) is 0 Å². The standard InChI is InChI=1S/C9H16F2N2O3/c1-6(8(14)15)4-12(2)9(16)13(3)5-7(10)11/h6-7H,4-5H2,1-3H3,(H,14,15). The summed E-state index contributed by atoms with van der Waals surface area (Å²) in [5, 5.41) is 8.63. The van der Waals surface area contributed by atoms with Crippen LogP contribution in [0.5, 0.6) is 0 Å². The highest BCUT2D eigenvalue weighted by molar-refractivity contribution is 5.75. The highest BCUT2D eigenvalue weighted by Crippen LogP contribution is 2.03. The summed E-state index contributed by atoms with van der Waals surface area (Å²) in [6, 6.07) is -0.617. The second kappa shape index (κ2) is 6.24. The van der Waals surface area contributed by atoms with Crippen molar-refractivity contribution in [2.75, 3.05) is 27.2 Å². The maximum absolute atomic E-state index is 12.0. The molecule has 0 bridgehead atoms. The van der Waals surface area contributed by atoms with E-state index in [1.165, 1.54) is 21.0 Å². The van der Waals surface area contributed by atoms with Gasteiger partial charge in [-0.3, -0.25) is 4.79 Å². The average molecular weight is 238 g/mol. The van der Waals surface area contributed by atoms with E-state index in [-0.39, 0.29) is 6.54 Å². The van der Waals surface area contributed by atoms with Crippen molar-refractivity contribution >= 4 is 12.0 Å². The molecule has 0 saturated carbocycles. The number of hydrogen-bond donors (Lipinski definition) is 1. The normalized spacial score (nSPS) is 12.4. The molecule has 0 aromatic heterocycles. The summed E-state index contributed by atoms with van der Waals surface area (Å²) in [7, 11) is 2.63. The Kier molecular flexibility index (Phi) is 5.69. The molecule has 0 radical (unpaired) electrons. The Labute approximate surface area is 92.6 Å². The van der Waals surface area contributed by atoms with Gasteiger partial charge >= 0.3 is 12.0 Å². The Morgan fingerprint density at radius 2 is 1.62 bits per heavy atom. The molecule has 1 atom stereocenters. The molecule has 7 heteroatoms. The van der Waals surface area contributed by atoms with Gasteiger partial charge in [0.05, 0.1) is 12.5 Å². The van der Waals surface area contributed by atoms with E-state index in [9.17, 15) is 18.4 Å². The lowest BCUT2D eigenvalue weighted by Crippen LogP contribution is -2.43. The van der Waals surface area contributed by atoms with Crippen molar-refractivity contribution in [2.45, 2.75) is 13.3 Å². The minimum atomic E-state index is -2.60. The van der Waals surface area contributed by atoms with E-state index >= 15 is 0 Å². The lowest BCUT2D eigenvalue weighted by Gasteiger charge is -2.25. The molecule has 2 amide bonds. The zero-order valence-corrected chi connectivity index (χ0v) is 9.48. The lowest BCUT2D eigenvalue weighted by atomic mass is 10.2. The van der Waals surface area contributed by atoms with Gasteiger partial charge in [-0.15, -0.1) is 0 Å². The molecule has 1 N–H and O–H groups in total. The highest BCUT2D eigenvalue weighted by atomic mass is 19.3. The molecule has 1 unspecified atom stereocenters. The van der Waals surface area contributed by atoms with Crippen molar-refractivity contribution in [3.05, 3.63) is 0 Å². The summed E-state index contributed by atoms with van der Waals surface area (Å²) in [4.78, 5) is 24.0. The molecule has 0 fully saturated rings. The molecule has 0 rings (SSSR count). The number of aliphatic carboxylic acids is 1. The maximum Gasteiger partial charge on any atom is 0.319 e. The summed E-state index contributed by atoms with van der Waals surface area (Å²) >= 11 is 0. The van der Waals surface area contributed by atoms with E-state index in [1.54, 1.807) is 0 Å². The van der Waals surface area contributed by atoms with E-state index in [1.807, 2.05) is 0 Å². The van der Waals surface area contributed by atoms with E-state index < -0.39 is 30.9 Å². The van der Waals surface area contributed by atoms with E-state index in [0.717, 1.165) is 9.80 Å². The van der Waals surface area contributed by atoms with Crippen molar-refractivity contribution in [2.24, 2.45) is 5.92 Å². The summed E-state index contributed by atoms with van der Waals surface area (Å²) < 4.78 is 24.0. The summed E-state index contributed by atoms with van der Waals surface area (Å²) in [5.74, 6) is -1.76. The van der Waals surface area contributed by atoms with E-state index in [4.69, 9.17) is 5.11 Å². The predicted molar refractivity (Wildman–Crippen MR) is 53.5 cm³/mol. The molecule has 16 heavy (non-hydrogen) atoms. The number of amides is 2. The van der Waals surface area contributed by atoms with E-state index in [0.29, 0.717) is 0 Å². The van der Waals surface area contributed by atoms with Gasteiger partial charge in [0.25, 0.3) is 6.43 Å². The zero-order valence-electron chi connectivity index (χ0n) is 9.48. The number of urea groups is 1. The molecule has 0 aromatic rings. The van der Waals surface area contributed by atoms with Gasteiger partial charge < -0.3 is 14.9 Å². The van der Waals surface area contributed by atoms with Gasteiger partial charge in [0.15, 0.2) is 0 Å². The molecule has 0 aliphatic heterocycles. The van der Waals surface area contributed by atoms with Crippen LogP contribution in [0.15, 0.2) is 0 Å². The Balaban J connectivity index is 4.22. The SMILES string of the molecule is CC(CN(C)C(=O)N(C)CC(F)F)C(=O)O. The summed E-state index contributed by atoms with van der Waals surface area (Å²) in [6.45, 7) is 0.769. The number of carbonyl (C=O) groups excluding carboxylic acids is 1. The molecule has 5 nitrogen and oxygen atoms in total. The molecule has 0 aromatic carbocycles. The first-order valence-corrected chi connectivity index (χ1v) is 4.72. The fourth-order valence-electron chi connectivity index (χ4n) is 1.14. The molecule has 0 aliphatic carbocycles. The fraction of sp³-hybridized carbons (Fsp3) is 0.778. The number of rotatable bonds is 5. The van der Waals surface area contributed by atoms with Crippen molar-refractivity contribution in [3.63, 3.8) is 0 Å². The second-order valence-corrected chi connectivity index (χ2v) is 3.67. The number of carboxylic acid groups (broad SMARTS) is 1. The van der Waals surface area contributed by atoms with Crippen LogP contribution in [-0.2, 0) is 4.79 Å². The second-order valence-electron chi connectivity index (χ2n) is 3.67. The van der Waals surface area contributed by atoms with Crippen molar-refractivity contribution in [1.82, 2.24) is 9.80 Å². The van der Waals surface area contributed by atoms with Gasteiger partial charge in [0, 0.05) is 20.6 Å². The number of nitrogens with zero attached hydrogens (tertiary/aromatic N) is 2. The molecule has 0 aliphatic rings. The predicted octanol–water partition coefficient (Wildman–Crippen LogP) is 0.956. The third-order valence-corrected chi connectivity index (χ3v) is 2.03. The third kappa shape index (κ3) is 4.90. The van der Waals surface area contributed by atoms with Crippen LogP contribution in [-0.4, -0.2) is 60.5 Å². The van der Waals surface area contributed by atoms with Gasteiger partial charge in [0.1, 0.15) is 0 Å². The molecular weight excluding hydrogens is 222 g/mol. The van der Waals surface area contributed by atoms with Gasteiger partial charge in [-0.05, 0) is 0 Å². The third-order valence-electron chi connectivity index (χ3n) is 2.03.